The summed E-state index contributed by atoms with van der Waals surface area (Å²) in [5.41, 5.74) is 0.352. The van der Waals surface area contributed by atoms with Gasteiger partial charge in [-0.1, -0.05) is 35.9 Å². The molecule has 11 heteroatoms. The lowest BCUT2D eigenvalue weighted by molar-refractivity contribution is 0.367. The lowest BCUT2D eigenvalue weighted by atomic mass is 10.2. The van der Waals surface area contributed by atoms with Crippen LogP contribution in [0.2, 0.25) is 5.02 Å². The van der Waals surface area contributed by atoms with Gasteiger partial charge in [-0.15, -0.1) is 5.10 Å². The molecule has 0 bridgehead atoms. The molecule has 0 saturated carbocycles. The summed E-state index contributed by atoms with van der Waals surface area (Å²) < 4.78 is 30.9. The molecule has 2 aromatic carbocycles. The van der Waals surface area contributed by atoms with Gasteiger partial charge in [0, 0.05) is 11.6 Å². The fraction of sp³-hybridized carbons (Fsp3) is 0.167. The van der Waals surface area contributed by atoms with E-state index in [-0.39, 0.29) is 19.0 Å². The van der Waals surface area contributed by atoms with Gasteiger partial charge in [0.05, 0.1) is 19.3 Å². The van der Waals surface area contributed by atoms with Crippen molar-refractivity contribution in [1.29, 1.82) is 0 Å². The first-order valence-electron chi connectivity index (χ1n) is 8.39. The Bertz CT molecular complexity index is 1210. The minimum absolute atomic E-state index is 0.00557. The van der Waals surface area contributed by atoms with Gasteiger partial charge in [0.1, 0.15) is 0 Å². The van der Waals surface area contributed by atoms with Crippen molar-refractivity contribution in [2.45, 2.75) is 13.1 Å². The molecular weight excluding hydrogens is 420 g/mol. The van der Waals surface area contributed by atoms with Crippen molar-refractivity contribution in [3.05, 3.63) is 85.5 Å². The first-order valence-corrected chi connectivity index (χ1v) is 9.94. The molecule has 0 unspecified atom stereocenters. The molecule has 9 nitrogen and oxygen atoms in total. The van der Waals surface area contributed by atoms with Crippen molar-refractivity contribution < 1.29 is 13.2 Å². The van der Waals surface area contributed by atoms with E-state index >= 15 is 0 Å². The predicted octanol–water partition coefficient (Wildman–Crippen LogP) is 0.721. The van der Waals surface area contributed by atoms with E-state index in [0.29, 0.717) is 21.8 Å². The fourth-order valence-corrected chi connectivity index (χ4v) is 3.09. The first-order chi connectivity index (χ1) is 13.9. The van der Waals surface area contributed by atoms with Gasteiger partial charge < -0.3 is 4.74 Å². The van der Waals surface area contributed by atoms with Crippen molar-refractivity contribution >= 4 is 22.5 Å². The molecule has 3 rings (SSSR count). The fourth-order valence-electron chi connectivity index (χ4n) is 2.66. The van der Waals surface area contributed by atoms with Gasteiger partial charge in [-0.3, -0.25) is 4.79 Å². The average Bonchev–Trinajstić information content (AvgIpc) is 2.71. The summed E-state index contributed by atoms with van der Waals surface area (Å²) in [6.45, 7) is 0.0640. The highest BCUT2D eigenvalue weighted by atomic mass is 35.5. The van der Waals surface area contributed by atoms with Gasteiger partial charge in [-0.25, -0.2) is 22.5 Å². The number of thiol groups is 1. The van der Waals surface area contributed by atoms with Crippen LogP contribution < -0.4 is 20.7 Å². The third-order valence-electron chi connectivity index (χ3n) is 4.05. The summed E-state index contributed by atoms with van der Waals surface area (Å²) in [6.07, 6.45) is 0. The lowest BCUT2D eigenvalue weighted by Gasteiger charge is -2.12. The van der Waals surface area contributed by atoms with Gasteiger partial charge in [0.15, 0.2) is 0 Å². The molecule has 0 saturated heterocycles. The van der Waals surface area contributed by atoms with Crippen molar-refractivity contribution in [1.82, 2.24) is 19.1 Å². The number of methoxy groups -OCH3 is 1. The molecule has 1 N–H and O–H groups in total. The third kappa shape index (κ3) is 4.91. The van der Waals surface area contributed by atoms with E-state index in [1.165, 1.54) is 7.11 Å². The van der Waals surface area contributed by atoms with E-state index in [1.807, 2.05) is 0 Å². The molecule has 0 aliphatic carbocycles. The molecular formula is C18H17ClN4O5S. The topological polar surface area (TPSA) is 112 Å². The SMILES string of the molecule is COc1nn(-c2cccc(CN[SH](=O)=O)c2)c(=O)n(Cc2ccc(Cl)cc2)c1=O. The monoisotopic (exact) mass is 436 g/mol. The normalized spacial score (nSPS) is 11.0. The molecule has 152 valence electrons. The minimum atomic E-state index is -2.75. The van der Waals surface area contributed by atoms with Crippen LogP contribution in [0.4, 0.5) is 0 Å². The smallest absolute Gasteiger partial charge is 0.352 e. The third-order valence-corrected chi connectivity index (χ3v) is 4.71. The van der Waals surface area contributed by atoms with E-state index in [4.69, 9.17) is 16.3 Å². The highest BCUT2D eigenvalue weighted by Crippen LogP contribution is 2.11. The zero-order valence-corrected chi connectivity index (χ0v) is 16.9. The van der Waals surface area contributed by atoms with Crippen molar-refractivity contribution in [2.75, 3.05) is 7.11 Å². The first kappa shape index (κ1) is 20.8. The van der Waals surface area contributed by atoms with Crippen LogP contribution in [0.3, 0.4) is 0 Å². The van der Waals surface area contributed by atoms with Crippen LogP contribution in [0.1, 0.15) is 11.1 Å². The Kier molecular flexibility index (Phi) is 6.47. The average molecular weight is 437 g/mol. The molecule has 29 heavy (non-hydrogen) atoms. The summed E-state index contributed by atoms with van der Waals surface area (Å²) in [5.74, 6) is -0.246. The number of nitrogens with zero attached hydrogens (tertiary/aromatic N) is 3. The van der Waals surface area contributed by atoms with Gasteiger partial charge in [0.2, 0.25) is 10.9 Å². The number of halogens is 1. The molecule has 0 aliphatic heterocycles. The zero-order chi connectivity index (χ0) is 21.0. The molecule has 1 heterocycles. The number of hydrogen-bond acceptors (Lipinski definition) is 6. The molecule has 1 aromatic heterocycles. The van der Waals surface area contributed by atoms with Crippen LogP contribution in [0, 0.1) is 0 Å². The number of aromatic nitrogens is 3. The van der Waals surface area contributed by atoms with Gasteiger partial charge in [-0.05, 0) is 35.4 Å². The molecule has 0 amide bonds. The number of nitrogens with one attached hydrogen (secondary N) is 1. The zero-order valence-electron chi connectivity index (χ0n) is 15.2. The quantitative estimate of drug-likeness (QED) is 0.528. The lowest BCUT2D eigenvalue weighted by Crippen LogP contribution is -2.41. The molecule has 3 aromatic rings. The largest absolute Gasteiger partial charge is 0.476 e. The van der Waals surface area contributed by atoms with Crippen LogP contribution in [0.15, 0.2) is 58.1 Å². The summed E-state index contributed by atoms with van der Waals surface area (Å²) in [5, 5.41) is 4.54. The van der Waals surface area contributed by atoms with E-state index in [2.05, 4.69) is 9.82 Å². The maximum atomic E-state index is 13.0. The Morgan fingerprint density at radius 3 is 2.48 bits per heavy atom. The second-order valence-electron chi connectivity index (χ2n) is 5.98. The Balaban J connectivity index is 2.08. The molecule has 0 atom stereocenters. The minimum Gasteiger partial charge on any atom is -0.476 e. The molecule has 0 radical (unpaired) electrons. The van der Waals surface area contributed by atoms with E-state index in [1.54, 1.807) is 48.5 Å². The molecule has 0 spiro atoms. The van der Waals surface area contributed by atoms with Crippen LogP contribution in [0.5, 0.6) is 5.88 Å². The Labute approximate surface area is 172 Å². The summed E-state index contributed by atoms with van der Waals surface area (Å²) in [4.78, 5) is 25.6. The van der Waals surface area contributed by atoms with E-state index in [9.17, 15) is 18.0 Å². The van der Waals surface area contributed by atoms with Gasteiger partial charge in [-0.2, -0.15) is 4.68 Å². The predicted molar refractivity (Wildman–Crippen MR) is 108 cm³/mol. The summed E-state index contributed by atoms with van der Waals surface area (Å²) in [7, 11) is -1.46. The Morgan fingerprint density at radius 1 is 1.10 bits per heavy atom. The van der Waals surface area contributed by atoms with E-state index in [0.717, 1.165) is 9.25 Å². The molecule has 0 aliphatic rings. The molecule has 0 fully saturated rings. The van der Waals surface area contributed by atoms with Crippen LogP contribution in [0.25, 0.3) is 5.69 Å². The second kappa shape index (κ2) is 9.03. The number of hydrogen-bond donors (Lipinski definition) is 2. The highest BCUT2D eigenvalue weighted by molar-refractivity contribution is 7.70. The summed E-state index contributed by atoms with van der Waals surface area (Å²) >= 11 is 5.88. The number of ether oxygens (including phenoxy) is 1. The summed E-state index contributed by atoms with van der Waals surface area (Å²) in [6, 6.07) is 13.3. The standard InChI is InChI=1S/C18H17ClN4O5S/c1-28-16-17(24)22(11-12-5-7-14(19)8-6-12)18(25)23(21-16)15-4-2-3-13(9-15)10-20-29(26)27/h2-9,29H,10-11H2,1H3,(H,20,26,27). The van der Waals surface area contributed by atoms with Crippen LogP contribution in [-0.2, 0) is 24.0 Å². The maximum absolute atomic E-state index is 13.0. The Hall–Kier alpha value is -2.95. The van der Waals surface area contributed by atoms with Crippen molar-refractivity contribution in [3.8, 4) is 11.6 Å². The van der Waals surface area contributed by atoms with Crippen LogP contribution >= 0.6 is 11.6 Å². The second-order valence-corrected chi connectivity index (χ2v) is 7.25. The van der Waals surface area contributed by atoms with Gasteiger partial charge >= 0.3 is 11.2 Å². The maximum Gasteiger partial charge on any atom is 0.352 e. The Morgan fingerprint density at radius 2 is 1.83 bits per heavy atom. The van der Waals surface area contributed by atoms with Gasteiger partial charge in [0.25, 0.3) is 5.88 Å². The van der Waals surface area contributed by atoms with Crippen LogP contribution in [-0.4, -0.2) is 29.9 Å². The van der Waals surface area contributed by atoms with Crippen molar-refractivity contribution in [3.63, 3.8) is 0 Å². The van der Waals surface area contributed by atoms with E-state index < -0.39 is 22.1 Å². The number of benzene rings is 2. The highest BCUT2D eigenvalue weighted by Gasteiger charge is 2.15. The number of rotatable bonds is 7. The van der Waals surface area contributed by atoms with Crippen molar-refractivity contribution in [2.24, 2.45) is 0 Å².